The predicted molar refractivity (Wildman–Crippen MR) is 64.6 cm³/mol. The van der Waals surface area contributed by atoms with Crippen molar-refractivity contribution < 1.29 is 9.47 Å². The lowest BCUT2D eigenvalue weighted by Gasteiger charge is -2.41. The van der Waals surface area contributed by atoms with Crippen LogP contribution in [0, 0.1) is 5.92 Å². The van der Waals surface area contributed by atoms with Crippen LogP contribution in [0.15, 0.2) is 0 Å². The van der Waals surface area contributed by atoms with Gasteiger partial charge in [-0.05, 0) is 38.6 Å². The molecule has 0 aromatic heterocycles. The summed E-state index contributed by atoms with van der Waals surface area (Å²) in [6, 6.07) is 0.492. The van der Waals surface area contributed by atoms with E-state index in [-0.39, 0.29) is 5.60 Å². The summed E-state index contributed by atoms with van der Waals surface area (Å²) >= 11 is 0. The minimum atomic E-state index is 0.228. The fourth-order valence-corrected chi connectivity index (χ4v) is 3.41. The van der Waals surface area contributed by atoms with Gasteiger partial charge in [0, 0.05) is 19.8 Å². The van der Waals surface area contributed by atoms with Gasteiger partial charge in [0.05, 0.1) is 12.2 Å². The Morgan fingerprint density at radius 1 is 1.44 bits per heavy atom. The van der Waals surface area contributed by atoms with Crippen LogP contribution in [-0.4, -0.2) is 39.0 Å². The number of likely N-dealkylation sites (N-methyl/N-ethyl adjacent to an activating group) is 1. The Kier molecular flexibility index (Phi) is 4.22. The van der Waals surface area contributed by atoms with Crippen LogP contribution in [0.5, 0.6) is 0 Å². The second-order valence-electron chi connectivity index (χ2n) is 5.34. The van der Waals surface area contributed by atoms with Gasteiger partial charge in [-0.3, -0.25) is 0 Å². The topological polar surface area (TPSA) is 30.5 Å². The summed E-state index contributed by atoms with van der Waals surface area (Å²) in [5.41, 5.74) is 0.228. The van der Waals surface area contributed by atoms with Crippen LogP contribution in [0.25, 0.3) is 0 Å². The highest BCUT2D eigenvalue weighted by Crippen LogP contribution is 2.42. The van der Waals surface area contributed by atoms with Crippen molar-refractivity contribution in [3.05, 3.63) is 0 Å². The van der Waals surface area contributed by atoms with Crippen LogP contribution in [0.4, 0.5) is 0 Å². The first kappa shape index (κ1) is 12.3. The van der Waals surface area contributed by atoms with Gasteiger partial charge < -0.3 is 14.8 Å². The number of rotatable bonds is 4. The lowest BCUT2D eigenvalue weighted by Crippen LogP contribution is -2.46. The Morgan fingerprint density at radius 2 is 2.19 bits per heavy atom. The van der Waals surface area contributed by atoms with Crippen LogP contribution < -0.4 is 5.32 Å². The van der Waals surface area contributed by atoms with Crippen LogP contribution in [0.2, 0.25) is 0 Å². The number of hydrogen-bond donors (Lipinski definition) is 1. The van der Waals surface area contributed by atoms with Gasteiger partial charge in [-0.25, -0.2) is 0 Å². The molecule has 2 rings (SSSR count). The van der Waals surface area contributed by atoms with E-state index in [1.807, 2.05) is 7.05 Å². The van der Waals surface area contributed by atoms with Crippen LogP contribution in [0.1, 0.15) is 38.5 Å². The molecule has 0 aromatic rings. The van der Waals surface area contributed by atoms with Crippen LogP contribution in [-0.2, 0) is 9.47 Å². The predicted octanol–water partition coefficient (Wildman–Crippen LogP) is 1.96. The molecular weight excluding hydrogens is 202 g/mol. The van der Waals surface area contributed by atoms with Crippen LogP contribution >= 0.6 is 0 Å². The molecule has 1 heterocycles. The zero-order valence-electron chi connectivity index (χ0n) is 10.6. The molecule has 1 aliphatic heterocycles. The van der Waals surface area contributed by atoms with Crippen molar-refractivity contribution >= 4 is 0 Å². The first-order chi connectivity index (χ1) is 7.79. The lowest BCUT2D eigenvalue weighted by molar-refractivity contribution is -0.100. The molecule has 2 fully saturated rings. The summed E-state index contributed by atoms with van der Waals surface area (Å²) in [6.45, 7) is 1.75. The highest BCUT2D eigenvalue weighted by atomic mass is 16.5. The summed E-state index contributed by atoms with van der Waals surface area (Å²) in [5, 5.41) is 3.40. The maximum atomic E-state index is 6.06. The van der Waals surface area contributed by atoms with E-state index in [2.05, 4.69) is 5.32 Å². The first-order valence-corrected chi connectivity index (χ1v) is 6.60. The second kappa shape index (κ2) is 5.48. The van der Waals surface area contributed by atoms with E-state index < -0.39 is 0 Å². The average Bonchev–Trinajstić information content (AvgIpc) is 2.74. The highest BCUT2D eigenvalue weighted by Gasteiger charge is 2.41. The molecule has 0 radical (unpaired) electrons. The Bertz CT molecular complexity index is 214. The minimum absolute atomic E-state index is 0.228. The summed E-state index contributed by atoms with van der Waals surface area (Å²) in [7, 11) is 3.83. The molecule has 3 heteroatoms. The molecule has 1 saturated carbocycles. The Hall–Kier alpha value is -0.120. The molecule has 1 spiro atoms. The van der Waals surface area contributed by atoms with Gasteiger partial charge in [-0.1, -0.05) is 12.8 Å². The third-order valence-electron chi connectivity index (χ3n) is 4.33. The van der Waals surface area contributed by atoms with E-state index in [0.717, 1.165) is 19.1 Å². The number of ether oxygens (including phenoxy) is 2. The highest BCUT2D eigenvalue weighted by molar-refractivity contribution is 4.94. The van der Waals surface area contributed by atoms with Crippen LogP contribution in [0.3, 0.4) is 0 Å². The van der Waals surface area contributed by atoms with Crippen molar-refractivity contribution in [1.82, 2.24) is 5.32 Å². The van der Waals surface area contributed by atoms with Gasteiger partial charge in [-0.2, -0.15) is 0 Å². The average molecular weight is 227 g/mol. The van der Waals surface area contributed by atoms with Gasteiger partial charge in [-0.15, -0.1) is 0 Å². The smallest absolute Gasteiger partial charge is 0.0685 e. The molecule has 2 atom stereocenters. The summed E-state index contributed by atoms with van der Waals surface area (Å²) in [6.07, 6.45) is 7.64. The minimum Gasteiger partial charge on any atom is -0.383 e. The quantitative estimate of drug-likeness (QED) is 0.796. The first-order valence-electron chi connectivity index (χ1n) is 6.60. The maximum Gasteiger partial charge on any atom is 0.0685 e. The van der Waals surface area contributed by atoms with Gasteiger partial charge in [0.2, 0.25) is 0 Å². The molecule has 0 aromatic carbocycles. The van der Waals surface area contributed by atoms with Gasteiger partial charge >= 0.3 is 0 Å². The second-order valence-corrected chi connectivity index (χ2v) is 5.34. The van der Waals surface area contributed by atoms with E-state index in [4.69, 9.17) is 9.47 Å². The van der Waals surface area contributed by atoms with Crippen molar-refractivity contribution in [2.24, 2.45) is 5.92 Å². The zero-order valence-corrected chi connectivity index (χ0v) is 10.6. The molecule has 1 saturated heterocycles. The molecule has 16 heavy (non-hydrogen) atoms. The number of nitrogens with one attached hydrogen (secondary N) is 1. The molecule has 3 nitrogen and oxygen atoms in total. The standard InChI is InChI=1S/C13H25NO2/c1-14-12(10-15-2)11-5-8-16-13(9-11)6-3-4-7-13/h11-12,14H,3-10H2,1-2H3. The van der Waals surface area contributed by atoms with E-state index in [9.17, 15) is 0 Å². The normalized spacial score (nSPS) is 30.8. The monoisotopic (exact) mass is 227 g/mol. The van der Waals surface area contributed by atoms with E-state index in [1.54, 1.807) is 7.11 Å². The van der Waals surface area contributed by atoms with Gasteiger partial charge in [0.15, 0.2) is 0 Å². The molecular formula is C13H25NO2. The van der Waals surface area contributed by atoms with E-state index in [0.29, 0.717) is 6.04 Å². The Morgan fingerprint density at radius 3 is 2.81 bits per heavy atom. The van der Waals surface area contributed by atoms with Crippen molar-refractivity contribution in [2.45, 2.75) is 50.2 Å². The zero-order chi connectivity index (χ0) is 11.4. The molecule has 0 amide bonds. The fraction of sp³-hybridized carbons (Fsp3) is 1.00. The summed E-state index contributed by atoms with van der Waals surface area (Å²) in [5.74, 6) is 0.719. The van der Waals surface area contributed by atoms with Gasteiger partial charge in [0.25, 0.3) is 0 Å². The van der Waals surface area contributed by atoms with Gasteiger partial charge in [0.1, 0.15) is 0 Å². The van der Waals surface area contributed by atoms with Crippen molar-refractivity contribution in [2.75, 3.05) is 27.4 Å². The number of methoxy groups -OCH3 is 1. The van der Waals surface area contributed by atoms with E-state index in [1.165, 1.54) is 38.5 Å². The summed E-state index contributed by atoms with van der Waals surface area (Å²) in [4.78, 5) is 0. The van der Waals surface area contributed by atoms with Crippen molar-refractivity contribution in [3.63, 3.8) is 0 Å². The summed E-state index contributed by atoms with van der Waals surface area (Å²) < 4.78 is 11.4. The number of hydrogen-bond acceptors (Lipinski definition) is 3. The third-order valence-corrected chi connectivity index (χ3v) is 4.33. The fourth-order valence-electron chi connectivity index (χ4n) is 3.41. The molecule has 2 aliphatic rings. The Balaban J connectivity index is 1.94. The molecule has 1 N–H and O–H groups in total. The SMILES string of the molecule is CNC(COC)C1CCOC2(CCCC2)C1. The Labute approximate surface area is 98.9 Å². The molecule has 0 bridgehead atoms. The van der Waals surface area contributed by atoms with E-state index >= 15 is 0 Å². The molecule has 94 valence electrons. The third kappa shape index (κ3) is 2.58. The molecule has 1 aliphatic carbocycles. The molecule has 2 unspecified atom stereocenters. The largest absolute Gasteiger partial charge is 0.383 e. The lowest BCUT2D eigenvalue weighted by atomic mass is 9.81. The van der Waals surface area contributed by atoms with Crippen molar-refractivity contribution in [1.29, 1.82) is 0 Å². The maximum absolute atomic E-state index is 6.06. The van der Waals surface area contributed by atoms with Crippen molar-refractivity contribution in [3.8, 4) is 0 Å².